The molecule has 2 aromatic rings. The Morgan fingerprint density at radius 3 is 2.31 bits per heavy atom. The van der Waals surface area contributed by atoms with Gasteiger partial charge in [0.15, 0.2) is 6.61 Å². The maximum atomic E-state index is 13.6. The number of likely N-dealkylation sites (N-methyl/N-ethyl adjacent to an activating group) is 1. The predicted molar refractivity (Wildman–Crippen MR) is 96.9 cm³/mol. The van der Waals surface area contributed by atoms with E-state index in [1.54, 1.807) is 31.2 Å². The van der Waals surface area contributed by atoms with Gasteiger partial charge < -0.3 is 15.0 Å². The van der Waals surface area contributed by atoms with Crippen LogP contribution in [-0.2, 0) is 9.59 Å². The minimum Gasteiger partial charge on any atom is -0.484 e. The molecule has 0 radical (unpaired) electrons. The average Bonchev–Trinajstić information content (AvgIpc) is 2.62. The molecule has 0 bridgehead atoms. The summed E-state index contributed by atoms with van der Waals surface area (Å²) in [6, 6.07) is 10.2. The number of hydrogen-bond donors (Lipinski definition) is 1. The van der Waals surface area contributed by atoms with E-state index in [4.69, 9.17) is 4.74 Å². The van der Waals surface area contributed by atoms with Gasteiger partial charge in [0.2, 0.25) is 5.91 Å². The molecule has 0 aliphatic carbocycles. The van der Waals surface area contributed by atoms with Crippen molar-refractivity contribution < 1.29 is 23.1 Å². The highest BCUT2D eigenvalue weighted by Crippen LogP contribution is 2.18. The Morgan fingerprint density at radius 2 is 1.73 bits per heavy atom. The summed E-state index contributed by atoms with van der Waals surface area (Å²) in [7, 11) is 0. The second kappa shape index (κ2) is 9.28. The normalized spacial score (nSPS) is 10.3. The van der Waals surface area contributed by atoms with Gasteiger partial charge in [0.25, 0.3) is 5.91 Å². The van der Waals surface area contributed by atoms with E-state index < -0.39 is 29.1 Å². The van der Waals surface area contributed by atoms with E-state index in [1.165, 1.54) is 11.0 Å². The topological polar surface area (TPSA) is 58.6 Å². The number of hydrogen-bond acceptors (Lipinski definition) is 3. The van der Waals surface area contributed by atoms with Crippen molar-refractivity contribution in [3.63, 3.8) is 0 Å². The van der Waals surface area contributed by atoms with Crippen LogP contribution in [0.4, 0.5) is 14.5 Å². The maximum Gasteiger partial charge on any atom is 0.260 e. The summed E-state index contributed by atoms with van der Waals surface area (Å²) in [4.78, 5) is 25.4. The molecule has 0 aliphatic heterocycles. The minimum atomic E-state index is -0.883. The van der Waals surface area contributed by atoms with Gasteiger partial charge in [-0.15, -0.1) is 0 Å². The summed E-state index contributed by atoms with van der Waals surface area (Å²) >= 11 is 3.30. The van der Waals surface area contributed by atoms with Crippen molar-refractivity contribution in [2.24, 2.45) is 0 Å². The third-order valence-electron chi connectivity index (χ3n) is 3.47. The number of amides is 2. The molecule has 1 N–H and O–H groups in total. The van der Waals surface area contributed by atoms with E-state index in [1.807, 2.05) is 0 Å². The van der Waals surface area contributed by atoms with Crippen molar-refractivity contribution in [2.45, 2.75) is 6.92 Å². The van der Waals surface area contributed by atoms with Gasteiger partial charge in [-0.25, -0.2) is 8.78 Å². The lowest BCUT2D eigenvalue weighted by Crippen LogP contribution is -2.40. The largest absolute Gasteiger partial charge is 0.484 e. The first-order valence-corrected chi connectivity index (χ1v) is 8.60. The Kier molecular flexibility index (Phi) is 7.08. The third kappa shape index (κ3) is 5.52. The molecule has 0 aromatic heterocycles. The van der Waals surface area contributed by atoms with Crippen LogP contribution >= 0.6 is 15.9 Å². The quantitative estimate of drug-likeness (QED) is 0.735. The highest BCUT2D eigenvalue weighted by Gasteiger charge is 2.18. The monoisotopic (exact) mass is 426 g/mol. The van der Waals surface area contributed by atoms with Gasteiger partial charge >= 0.3 is 0 Å². The Balaban J connectivity index is 1.91. The molecule has 8 heteroatoms. The Hall–Kier alpha value is -2.48. The number of carbonyl (C=O) groups is 2. The fourth-order valence-electron chi connectivity index (χ4n) is 2.11. The van der Waals surface area contributed by atoms with Crippen molar-refractivity contribution in [1.82, 2.24) is 4.90 Å². The molecule has 2 amide bonds. The van der Waals surface area contributed by atoms with Crippen LogP contribution in [0.1, 0.15) is 6.92 Å². The van der Waals surface area contributed by atoms with Crippen LogP contribution in [-0.4, -0.2) is 36.4 Å². The van der Waals surface area contributed by atoms with E-state index in [0.29, 0.717) is 5.75 Å². The Labute approximate surface area is 158 Å². The maximum absolute atomic E-state index is 13.6. The third-order valence-corrected chi connectivity index (χ3v) is 4.00. The number of para-hydroxylation sites is 1. The van der Waals surface area contributed by atoms with Crippen molar-refractivity contribution in [3.05, 3.63) is 58.6 Å². The van der Waals surface area contributed by atoms with E-state index in [-0.39, 0.29) is 19.7 Å². The number of ether oxygens (including phenoxy) is 1. The molecular formula is C18H17BrF2N2O3. The number of carbonyl (C=O) groups excluding carboxylic acids is 2. The smallest absolute Gasteiger partial charge is 0.260 e. The molecule has 0 unspecified atom stereocenters. The zero-order valence-electron chi connectivity index (χ0n) is 14.0. The summed E-state index contributed by atoms with van der Waals surface area (Å²) < 4.78 is 33.4. The summed E-state index contributed by atoms with van der Waals surface area (Å²) in [6.07, 6.45) is 0. The lowest BCUT2D eigenvalue weighted by molar-refractivity contribution is -0.136. The first-order chi connectivity index (χ1) is 12.4. The van der Waals surface area contributed by atoms with Gasteiger partial charge in [-0.1, -0.05) is 22.0 Å². The minimum absolute atomic E-state index is 0.246. The number of nitrogens with zero attached hydrogens (tertiary/aromatic N) is 1. The first-order valence-electron chi connectivity index (χ1n) is 7.80. The molecule has 2 aromatic carbocycles. The van der Waals surface area contributed by atoms with Crippen molar-refractivity contribution in [1.29, 1.82) is 0 Å². The van der Waals surface area contributed by atoms with Crippen LogP contribution in [0, 0.1) is 11.6 Å². The van der Waals surface area contributed by atoms with Crippen molar-refractivity contribution in [3.8, 4) is 5.75 Å². The number of halogens is 3. The molecule has 0 heterocycles. The predicted octanol–water partition coefficient (Wildman–Crippen LogP) is 3.59. The zero-order valence-corrected chi connectivity index (χ0v) is 15.6. The lowest BCUT2D eigenvalue weighted by Gasteiger charge is -2.20. The second-order valence-corrected chi connectivity index (χ2v) is 6.21. The summed E-state index contributed by atoms with van der Waals surface area (Å²) in [6.45, 7) is 1.34. The second-order valence-electron chi connectivity index (χ2n) is 5.30. The Morgan fingerprint density at radius 1 is 1.12 bits per heavy atom. The highest BCUT2D eigenvalue weighted by molar-refractivity contribution is 9.10. The van der Waals surface area contributed by atoms with E-state index in [2.05, 4.69) is 21.2 Å². The van der Waals surface area contributed by atoms with Gasteiger partial charge in [0.05, 0.1) is 6.54 Å². The van der Waals surface area contributed by atoms with Gasteiger partial charge in [-0.2, -0.15) is 0 Å². The number of anilines is 1. The Bertz CT molecular complexity index is 764. The van der Waals surface area contributed by atoms with Crippen molar-refractivity contribution in [2.75, 3.05) is 25.0 Å². The molecule has 0 fully saturated rings. The van der Waals surface area contributed by atoms with E-state index in [0.717, 1.165) is 16.6 Å². The van der Waals surface area contributed by atoms with Gasteiger partial charge in [-0.3, -0.25) is 9.59 Å². The van der Waals surface area contributed by atoms with Crippen molar-refractivity contribution >= 4 is 33.4 Å². The number of rotatable bonds is 7. The molecule has 0 saturated heterocycles. The van der Waals surface area contributed by atoms with Crippen LogP contribution in [0.15, 0.2) is 46.9 Å². The van der Waals surface area contributed by atoms with Crippen LogP contribution in [0.5, 0.6) is 5.75 Å². The number of nitrogens with one attached hydrogen (secondary N) is 1. The summed E-state index contributed by atoms with van der Waals surface area (Å²) in [5, 5.41) is 2.15. The number of benzene rings is 2. The molecule has 2 rings (SSSR count). The summed E-state index contributed by atoms with van der Waals surface area (Å²) in [5.74, 6) is -2.37. The molecule has 0 spiro atoms. The van der Waals surface area contributed by atoms with Crippen LogP contribution in [0.2, 0.25) is 0 Å². The fraction of sp³-hybridized carbons (Fsp3) is 0.222. The zero-order chi connectivity index (χ0) is 19.1. The molecule has 0 saturated carbocycles. The highest BCUT2D eigenvalue weighted by atomic mass is 79.9. The molecule has 26 heavy (non-hydrogen) atoms. The molecule has 0 aliphatic rings. The average molecular weight is 427 g/mol. The van der Waals surface area contributed by atoms with Gasteiger partial charge in [0, 0.05) is 11.0 Å². The van der Waals surface area contributed by atoms with E-state index in [9.17, 15) is 18.4 Å². The lowest BCUT2D eigenvalue weighted by atomic mass is 10.3. The van der Waals surface area contributed by atoms with Gasteiger partial charge in [0.1, 0.15) is 23.1 Å². The fourth-order valence-corrected chi connectivity index (χ4v) is 2.38. The van der Waals surface area contributed by atoms with Gasteiger partial charge in [-0.05, 0) is 43.3 Å². The van der Waals surface area contributed by atoms with Crippen LogP contribution < -0.4 is 10.1 Å². The molecule has 5 nitrogen and oxygen atoms in total. The van der Waals surface area contributed by atoms with E-state index >= 15 is 0 Å². The molecule has 138 valence electrons. The summed E-state index contributed by atoms with van der Waals surface area (Å²) in [5.41, 5.74) is -0.535. The SMILES string of the molecule is CCN(CC(=O)Nc1c(F)cccc1F)C(=O)COc1ccc(Br)cc1. The first kappa shape index (κ1) is 19.8. The molecular weight excluding hydrogens is 410 g/mol. The molecule has 0 atom stereocenters. The van der Waals surface area contributed by atoms with Crippen LogP contribution in [0.3, 0.4) is 0 Å². The van der Waals surface area contributed by atoms with Crippen LogP contribution in [0.25, 0.3) is 0 Å². The standard InChI is InChI=1S/C18H17BrF2N2O3/c1-2-23(17(25)11-26-13-8-6-12(19)7-9-13)10-16(24)22-18-14(20)4-3-5-15(18)21/h3-9H,2,10-11H2,1H3,(H,22,24).